The Hall–Kier alpha value is -2.29. The molecular weight excluding hydrogens is 473 g/mol. The molecule has 2 aromatic rings. The summed E-state index contributed by atoms with van der Waals surface area (Å²) in [7, 11) is -2.33. The molecule has 0 radical (unpaired) electrons. The van der Waals surface area contributed by atoms with Crippen molar-refractivity contribution in [2.75, 3.05) is 24.2 Å². The highest BCUT2D eigenvalue weighted by Gasteiger charge is 2.30. The molecular formula is C22H27Cl2N3O4S. The van der Waals surface area contributed by atoms with Crippen molar-refractivity contribution >= 4 is 50.7 Å². The van der Waals surface area contributed by atoms with E-state index in [-0.39, 0.29) is 6.54 Å². The summed E-state index contributed by atoms with van der Waals surface area (Å²) >= 11 is 12.6. The molecule has 10 heteroatoms. The Morgan fingerprint density at radius 3 is 2.06 bits per heavy atom. The number of halogens is 2. The van der Waals surface area contributed by atoms with Gasteiger partial charge in [0.25, 0.3) is 0 Å². The second-order valence-corrected chi connectivity index (χ2v) is 10.3. The van der Waals surface area contributed by atoms with Crippen LogP contribution in [0.4, 0.5) is 5.69 Å². The zero-order valence-electron chi connectivity index (χ0n) is 18.6. The van der Waals surface area contributed by atoms with Crippen molar-refractivity contribution in [3.05, 3.63) is 63.1 Å². The average molecular weight is 500 g/mol. The van der Waals surface area contributed by atoms with Crippen LogP contribution in [0.25, 0.3) is 0 Å². The van der Waals surface area contributed by atoms with Gasteiger partial charge >= 0.3 is 0 Å². The summed E-state index contributed by atoms with van der Waals surface area (Å²) in [5, 5.41) is 3.20. The first-order valence-corrected chi connectivity index (χ1v) is 12.5. The first kappa shape index (κ1) is 26.0. The first-order chi connectivity index (χ1) is 14.8. The molecule has 0 bridgehead atoms. The number of nitrogens with zero attached hydrogens (tertiary/aromatic N) is 2. The van der Waals surface area contributed by atoms with Gasteiger partial charge < -0.3 is 10.2 Å². The van der Waals surface area contributed by atoms with Crippen molar-refractivity contribution in [3.63, 3.8) is 0 Å². The molecule has 0 saturated carbocycles. The number of amides is 2. The number of benzene rings is 2. The van der Waals surface area contributed by atoms with Crippen LogP contribution in [0.5, 0.6) is 0 Å². The number of likely N-dealkylation sites (N-methyl/N-ethyl adjacent to an activating group) is 1. The topological polar surface area (TPSA) is 86.8 Å². The lowest BCUT2D eigenvalue weighted by molar-refractivity contribution is -0.139. The number of anilines is 1. The molecule has 1 unspecified atom stereocenters. The maximum atomic E-state index is 13.4. The molecule has 0 aliphatic carbocycles. The number of carbonyl (C=O) groups is 2. The standard InChI is InChI=1S/C22H27Cl2N3O4S/c1-14-9-15(2)11-17(10-14)27(32(5,30)31)13-21(28)26(16(3)22(29)25-4)12-18-19(23)7-6-8-20(18)24/h6-11,16H,12-13H2,1-5H3,(H,25,29). The van der Waals surface area contributed by atoms with Gasteiger partial charge in [-0.25, -0.2) is 8.42 Å². The monoisotopic (exact) mass is 499 g/mol. The molecule has 0 spiro atoms. The normalized spacial score (nSPS) is 12.2. The number of carbonyl (C=O) groups excluding carboxylic acids is 2. The summed E-state index contributed by atoms with van der Waals surface area (Å²) in [6.07, 6.45) is 1.04. The predicted molar refractivity (Wildman–Crippen MR) is 129 cm³/mol. The second kappa shape index (κ2) is 10.6. The molecule has 2 amide bonds. The quantitative estimate of drug-likeness (QED) is 0.601. The lowest BCUT2D eigenvalue weighted by atomic mass is 10.1. The van der Waals surface area contributed by atoms with Crippen LogP contribution in [0, 0.1) is 13.8 Å². The van der Waals surface area contributed by atoms with Gasteiger partial charge in [0.1, 0.15) is 12.6 Å². The van der Waals surface area contributed by atoms with Gasteiger partial charge in [0.05, 0.1) is 11.9 Å². The van der Waals surface area contributed by atoms with E-state index in [0.717, 1.165) is 21.7 Å². The molecule has 2 aromatic carbocycles. The molecule has 1 N–H and O–H groups in total. The van der Waals surface area contributed by atoms with Crippen molar-refractivity contribution in [3.8, 4) is 0 Å². The van der Waals surface area contributed by atoms with Gasteiger partial charge in [-0.1, -0.05) is 35.3 Å². The molecule has 0 aliphatic heterocycles. The Balaban J connectivity index is 2.47. The average Bonchev–Trinajstić information content (AvgIpc) is 2.69. The molecule has 0 aliphatic rings. The number of hydrogen-bond acceptors (Lipinski definition) is 4. The fourth-order valence-electron chi connectivity index (χ4n) is 3.35. The number of aryl methyl sites for hydroxylation is 2. The van der Waals surface area contributed by atoms with Crippen molar-refractivity contribution in [1.82, 2.24) is 10.2 Å². The van der Waals surface area contributed by atoms with E-state index in [1.54, 1.807) is 37.3 Å². The summed E-state index contributed by atoms with van der Waals surface area (Å²) in [6.45, 7) is 4.71. The molecule has 32 heavy (non-hydrogen) atoms. The zero-order valence-corrected chi connectivity index (χ0v) is 21.0. The van der Waals surface area contributed by atoms with Gasteiger partial charge in [0.2, 0.25) is 21.8 Å². The Labute approximate surface area is 199 Å². The predicted octanol–water partition coefficient (Wildman–Crippen LogP) is 3.54. The largest absolute Gasteiger partial charge is 0.357 e. The summed E-state index contributed by atoms with van der Waals surface area (Å²) in [5.74, 6) is -0.972. The van der Waals surface area contributed by atoms with Gasteiger partial charge in [-0.2, -0.15) is 0 Å². The maximum absolute atomic E-state index is 13.4. The number of hydrogen-bond donors (Lipinski definition) is 1. The first-order valence-electron chi connectivity index (χ1n) is 9.85. The van der Waals surface area contributed by atoms with Gasteiger partial charge in [0, 0.05) is 29.2 Å². The highest BCUT2D eigenvalue weighted by atomic mass is 35.5. The SMILES string of the molecule is CNC(=O)C(C)N(Cc1c(Cl)cccc1Cl)C(=O)CN(c1cc(C)cc(C)c1)S(C)(=O)=O. The van der Waals surface area contributed by atoms with Crippen LogP contribution in [-0.4, -0.2) is 51.0 Å². The van der Waals surface area contributed by atoms with Crippen LogP contribution in [-0.2, 0) is 26.2 Å². The number of sulfonamides is 1. The minimum atomic E-state index is -3.79. The van der Waals surface area contributed by atoms with E-state index in [1.807, 2.05) is 19.9 Å². The number of rotatable bonds is 8. The molecule has 2 rings (SSSR count). The van der Waals surface area contributed by atoms with Crippen molar-refractivity contribution in [2.24, 2.45) is 0 Å². The van der Waals surface area contributed by atoms with Crippen LogP contribution in [0.2, 0.25) is 10.0 Å². The Morgan fingerprint density at radius 1 is 1.06 bits per heavy atom. The van der Waals surface area contributed by atoms with Gasteiger partial charge in [0.15, 0.2) is 0 Å². The molecule has 0 fully saturated rings. The molecule has 7 nitrogen and oxygen atoms in total. The smallest absolute Gasteiger partial charge is 0.244 e. The van der Waals surface area contributed by atoms with Gasteiger partial charge in [-0.3, -0.25) is 13.9 Å². The third kappa shape index (κ3) is 6.37. The lowest BCUT2D eigenvalue weighted by Gasteiger charge is -2.31. The summed E-state index contributed by atoms with van der Waals surface area (Å²) in [5.41, 5.74) is 2.57. The van der Waals surface area contributed by atoms with Crippen LogP contribution < -0.4 is 9.62 Å². The van der Waals surface area contributed by atoms with E-state index in [9.17, 15) is 18.0 Å². The molecule has 0 aromatic heterocycles. The van der Waals surface area contributed by atoms with Crippen molar-refractivity contribution in [1.29, 1.82) is 0 Å². The zero-order chi connectivity index (χ0) is 24.2. The number of nitrogens with one attached hydrogen (secondary N) is 1. The van der Waals surface area contributed by atoms with E-state index in [0.29, 0.717) is 21.3 Å². The van der Waals surface area contributed by atoms with E-state index < -0.39 is 34.4 Å². The van der Waals surface area contributed by atoms with E-state index in [4.69, 9.17) is 23.2 Å². The van der Waals surface area contributed by atoms with Crippen LogP contribution >= 0.6 is 23.2 Å². The Kier molecular flexibility index (Phi) is 8.56. The van der Waals surface area contributed by atoms with Crippen molar-refractivity contribution in [2.45, 2.75) is 33.4 Å². The highest BCUT2D eigenvalue weighted by Crippen LogP contribution is 2.27. The van der Waals surface area contributed by atoms with Crippen LogP contribution in [0.3, 0.4) is 0 Å². The summed E-state index contributed by atoms with van der Waals surface area (Å²) in [6, 6.07) is 9.35. The molecule has 0 saturated heterocycles. The summed E-state index contributed by atoms with van der Waals surface area (Å²) < 4.78 is 26.2. The van der Waals surface area contributed by atoms with Crippen LogP contribution in [0.15, 0.2) is 36.4 Å². The van der Waals surface area contributed by atoms with Gasteiger partial charge in [-0.15, -0.1) is 0 Å². The van der Waals surface area contributed by atoms with Crippen molar-refractivity contribution < 1.29 is 18.0 Å². The lowest BCUT2D eigenvalue weighted by Crippen LogP contribution is -2.50. The maximum Gasteiger partial charge on any atom is 0.244 e. The Bertz CT molecular complexity index is 1080. The molecule has 0 heterocycles. The molecule has 1 atom stereocenters. The van der Waals surface area contributed by atoms with E-state index in [1.165, 1.54) is 11.9 Å². The fraction of sp³-hybridized carbons (Fsp3) is 0.364. The fourth-order valence-corrected chi connectivity index (χ4v) is 4.70. The highest BCUT2D eigenvalue weighted by molar-refractivity contribution is 7.92. The van der Waals surface area contributed by atoms with Gasteiger partial charge in [-0.05, 0) is 56.2 Å². The van der Waals surface area contributed by atoms with E-state index >= 15 is 0 Å². The second-order valence-electron chi connectivity index (χ2n) is 7.63. The van der Waals surface area contributed by atoms with E-state index in [2.05, 4.69) is 5.32 Å². The van der Waals surface area contributed by atoms with Crippen LogP contribution in [0.1, 0.15) is 23.6 Å². The Morgan fingerprint density at radius 2 is 1.59 bits per heavy atom. The minimum absolute atomic E-state index is 0.0592. The summed E-state index contributed by atoms with van der Waals surface area (Å²) in [4.78, 5) is 27.0. The third-order valence-corrected chi connectivity index (χ3v) is 6.83. The molecule has 174 valence electrons. The third-order valence-electron chi connectivity index (χ3n) is 4.98. The minimum Gasteiger partial charge on any atom is -0.357 e.